The number of hydrogen-bond acceptors (Lipinski definition) is 3. The van der Waals surface area contributed by atoms with Gasteiger partial charge in [-0.05, 0) is 47.5 Å². The second-order valence-electron chi connectivity index (χ2n) is 8.15. The topological polar surface area (TPSA) is 76.6 Å². The van der Waals surface area contributed by atoms with Gasteiger partial charge in [0, 0.05) is 23.8 Å². The summed E-state index contributed by atoms with van der Waals surface area (Å²) in [6.07, 6.45) is 2.08. The third-order valence-electron chi connectivity index (χ3n) is 5.57. The predicted octanol–water partition coefficient (Wildman–Crippen LogP) is 5.20. The highest BCUT2D eigenvalue weighted by atomic mass is 16.3. The van der Waals surface area contributed by atoms with E-state index in [2.05, 4.69) is 10.3 Å². The first-order valence-electron chi connectivity index (χ1n) is 11.3. The summed E-state index contributed by atoms with van der Waals surface area (Å²) in [7, 11) is 0. The Morgan fingerprint density at radius 2 is 1.54 bits per heavy atom. The van der Waals surface area contributed by atoms with Crippen LogP contribution >= 0.6 is 0 Å². The number of aromatic nitrogens is 1. The molecule has 3 aromatic carbocycles. The van der Waals surface area contributed by atoms with Gasteiger partial charge in [-0.1, -0.05) is 66.7 Å². The number of fused-ring (bicyclic) bond motifs is 1. The maximum atomic E-state index is 12.7. The van der Waals surface area contributed by atoms with E-state index in [-0.39, 0.29) is 24.0 Å². The molecule has 0 aliphatic heterocycles. The number of benzene rings is 3. The first-order chi connectivity index (χ1) is 17.1. The minimum Gasteiger partial charge on any atom is -0.451 e. The summed E-state index contributed by atoms with van der Waals surface area (Å²) in [6, 6.07) is 32.0. The molecule has 2 aromatic heterocycles. The van der Waals surface area contributed by atoms with Crippen LogP contribution in [0.25, 0.3) is 11.0 Å². The molecule has 0 unspecified atom stereocenters. The Kier molecular flexibility index (Phi) is 6.35. The van der Waals surface area contributed by atoms with Crippen molar-refractivity contribution in [1.29, 1.82) is 0 Å². The summed E-state index contributed by atoms with van der Waals surface area (Å²) < 4.78 is 7.56. The average molecular weight is 462 g/mol. The molecule has 0 saturated heterocycles. The first-order valence-corrected chi connectivity index (χ1v) is 11.3. The zero-order chi connectivity index (χ0) is 24.0. The van der Waals surface area contributed by atoms with Crippen LogP contribution in [-0.2, 0) is 17.8 Å². The van der Waals surface area contributed by atoms with Crippen molar-refractivity contribution in [3.8, 4) is 0 Å². The first kappa shape index (κ1) is 22.1. The lowest BCUT2D eigenvalue weighted by Gasteiger charge is -2.07. The van der Waals surface area contributed by atoms with Gasteiger partial charge in [0.15, 0.2) is 5.76 Å². The van der Waals surface area contributed by atoms with Gasteiger partial charge in [-0.25, -0.2) is 0 Å². The number of nitrogens with zero attached hydrogens (tertiary/aromatic N) is 2. The number of carbonyl (C=O) groups is 2. The van der Waals surface area contributed by atoms with Gasteiger partial charge in [-0.3, -0.25) is 9.59 Å². The largest absolute Gasteiger partial charge is 0.451 e. The minimum absolute atomic E-state index is 0.165. The Labute approximate surface area is 202 Å². The van der Waals surface area contributed by atoms with E-state index in [1.165, 1.54) is 0 Å². The molecule has 0 saturated carbocycles. The average Bonchev–Trinajstić information content (AvgIpc) is 3.32. The number of hydrogen-bond donors (Lipinski definition) is 1. The zero-order valence-corrected chi connectivity index (χ0v) is 18.9. The van der Waals surface area contributed by atoms with Gasteiger partial charge in [-0.15, -0.1) is 0 Å². The molecular formula is C29H23N3O3. The third kappa shape index (κ3) is 5.45. The second kappa shape index (κ2) is 10.1. The number of nitrogens with one attached hydrogen (secondary N) is 1. The fourth-order valence-electron chi connectivity index (χ4n) is 3.82. The Balaban J connectivity index is 1.25. The third-order valence-corrected chi connectivity index (χ3v) is 5.57. The summed E-state index contributed by atoms with van der Waals surface area (Å²) >= 11 is 0. The smallest absolute Gasteiger partial charge is 0.291 e. The fourth-order valence-corrected chi connectivity index (χ4v) is 3.82. The van der Waals surface area contributed by atoms with E-state index >= 15 is 0 Å². The van der Waals surface area contributed by atoms with Crippen LogP contribution < -0.4 is 10.8 Å². The maximum absolute atomic E-state index is 12.7. The van der Waals surface area contributed by atoms with Crippen molar-refractivity contribution in [3.05, 3.63) is 132 Å². The summed E-state index contributed by atoms with van der Waals surface area (Å²) in [4.78, 5) is 29.5. The number of carbonyl (C=O) groups excluding carboxylic acids is 2. The molecule has 35 heavy (non-hydrogen) atoms. The summed E-state index contributed by atoms with van der Waals surface area (Å²) in [5, 5.41) is 3.70. The number of para-hydroxylation sites is 1. The lowest BCUT2D eigenvalue weighted by atomic mass is 10.1. The predicted molar refractivity (Wildman–Crippen MR) is 135 cm³/mol. The molecule has 0 radical (unpaired) electrons. The van der Waals surface area contributed by atoms with Gasteiger partial charge in [0.05, 0.1) is 6.42 Å². The number of pyridine rings is 1. The highest BCUT2D eigenvalue weighted by Crippen LogP contribution is 2.20. The Morgan fingerprint density at radius 3 is 2.34 bits per heavy atom. The Bertz CT molecular complexity index is 1510. The molecule has 0 spiro atoms. The lowest BCUT2D eigenvalue weighted by Crippen LogP contribution is -2.22. The van der Waals surface area contributed by atoms with Gasteiger partial charge in [0.25, 0.3) is 11.8 Å². The van der Waals surface area contributed by atoms with Crippen LogP contribution in [0, 0.1) is 0 Å². The second-order valence-corrected chi connectivity index (χ2v) is 8.15. The number of anilines is 1. The Hall–Kier alpha value is -4.71. The number of rotatable bonds is 6. The van der Waals surface area contributed by atoms with Crippen molar-refractivity contribution >= 4 is 28.5 Å². The molecule has 2 amide bonds. The minimum atomic E-state index is -0.327. The number of furan rings is 1. The highest BCUT2D eigenvalue weighted by Gasteiger charge is 2.12. The normalized spacial score (nSPS) is 11.5. The van der Waals surface area contributed by atoms with Crippen molar-refractivity contribution < 1.29 is 14.0 Å². The van der Waals surface area contributed by atoms with Crippen molar-refractivity contribution in [2.75, 3.05) is 5.32 Å². The van der Waals surface area contributed by atoms with Crippen molar-refractivity contribution in [1.82, 2.24) is 4.57 Å². The molecule has 172 valence electrons. The van der Waals surface area contributed by atoms with Gasteiger partial charge < -0.3 is 14.3 Å². The van der Waals surface area contributed by atoms with Crippen LogP contribution in [0.15, 0.2) is 119 Å². The van der Waals surface area contributed by atoms with Crippen molar-refractivity contribution in [3.63, 3.8) is 0 Å². The summed E-state index contributed by atoms with van der Waals surface area (Å²) in [6.45, 7) is 0.632. The quantitative estimate of drug-likeness (QED) is 0.377. The Morgan fingerprint density at radius 1 is 0.800 bits per heavy atom. The van der Waals surface area contributed by atoms with E-state index in [9.17, 15) is 9.59 Å². The zero-order valence-electron chi connectivity index (χ0n) is 18.9. The molecule has 2 heterocycles. The van der Waals surface area contributed by atoms with E-state index in [1.807, 2.05) is 95.7 Å². The summed E-state index contributed by atoms with van der Waals surface area (Å²) in [5.41, 5.74) is 3.83. The van der Waals surface area contributed by atoms with Crippen molar-refractivity contribution in [2.24, 2.45) is 4.99 Å². The number of amides is 2. The van der Waals surface area contributed by atoms with Crippen LogP contribution in [0.3, 0.4) is 0 Å². The van der Waals surface area contributed by atoms with Gasteiger partial charge >= 0.3 is 0 Å². The lowest BCUT2D eigenvalue weighted by molar-refractivity contribution is -0.117. The van der Waals surface area contributed by atoms with Crippen LogP contribution in [-0.4, -0.2) is 16.4 Å². The molecule has 1 N–H and O–H groups in total. The van der Waals surface area contributed by atoms with Crippen LogP contribution in [0.5, 0.6) is 0 Å². The molecule has 5 aromatic rings. The van der Waals surface area contributed by atoms with Crippen LogP contribution in [0.1, 0.15) is 21.7 Å². The van der Waals surface area contributed by atoms with E-state index in [0.29, 0.717) is 23.3 Å². The molecule has 6 heteroatoms. The fraction of sp³-hybridized carbons (Fsp3) is 0.0690. The monoisotopic (exact) mass is 461 g/mol. The van der Waals surface area contributed by atoms with E-state index in [4.69, 9.17) is 4.42 Å². The van der Waals surface area contributed by atoms with E-state index < -0.39 is 0 Å². The molecule has 0 fully saturated rings. The van der Waals surface area contributed by atoms with Gasteiger partial charge in [0.2, 0.25) is 0 Å². The maximum Gasteiger partial charge on any atom is 0.291 e. The molecule has 5 rings (SSSR count). The van der Waals surface area contributed by atoms with Gasteiger partial charge in [0.1, 0.15) is 11.1 Å². The van der Waals surface area contributed by atoms with Crippen LogP contribution in [0.2, 0.25) is 0 Å². The van der Waals surface area contributed by atoms with Crippen LogP contribution in [0.4, 0.5) is 5.69 Å². The van der Waals surface area contributed by atoms with Crippen molar-refractivity contribution in [2.45, 2.75) is 13.0 Å². The molecule has 0 bridgehead atoms. The molecular weight excluding hydrogens is 438 g/mol. The standard InChI is InChI=1S/C29H23N3O3/c33-28(31-27-12-6-7-17-32(27)20-22-8-2-1-3-9-22)18-21-13-15-24(16-14-21)30-29(34)26-19-23-10-4-5-11-25(23)35-26/h1-17,19H,18,20H2,(H,30,34). The SMILES string of the molecule is O=C(Cc1ccc(NC(=O)c2cc3ccccc3o2)cc1)N=c1ccccn1Cc1ccccc1. The molecule has 0 aliphatic rings. The molecule has 0 aliphatic carbocycles. The molecule has 6 nitrogen and oxygen atoms in total. The summed E-state index contributed by atoms with van der Waals surface area (Å²) in [5.74, 6) is -0.319. The van der Waals surface area contributed by atoms with E-state index in [0.717, 1.165) is 16.5 Å². The van der Waals surface area contributed by atoms with Gasteiger partial charge in [-0.2, -0.15) is 4.99 Å². The highest BCUT2D eigenvalue weighted by molar-refractivity contribution is 6.04. The van der Waals surface area contributed by atoms with E-state index in [1.54, 1.807) is 18.2 Å². The molecule has 0 atom stereocenters.